The maximum Gasteiger partial charge on any atom is 0.407 e. The van der Waals surface area contributed by atoms with E-state index in [1.165, 1.54) is 5.57 Å². The summed E-state index contributed by atoms with van der Waals surface area (Å²) in [4.78, 5) is 24.5. The van der Waals surface area contributed by atoms with Crippen molar-refractivity contribution >= 4 is 12.0 Å². The third-order valence-corrected chi connectivity index (χ3v) is 7.56. The fourth-order valence-corrected chi connectivity index (χ4v) is 5.68. The SMILES string of the molecule is COC1C(OC(=O)NC2CCC(NC(=O)CNOF)CC2)CC[C@]2(CO2)C1C(C)(C)OCC=C(C)C. The summed E-state index contributed by atoms with van der Waals surface area (Å²) in [6, 6.07) is -0.0615. The van der Waals surface area contributed by atoms with Crippen LogP contribution in [-0.4, -0.2) is 74.4 Å². The van der Waals surface area contributed by atoms with Gasteiger partial charge in [0.2, 0.25) is 5.91 Å². The van der Waals surface area contributed by atoms with Gasteiger partial charge < -0.3 is 29.6 Å². The van der Waals surface area contributed by atoms with E-state index in [0.717, 1.165) is 6.42 Å². The first-order chi connectivity index (χ1) is 17.1. The van der Waals surface area contributed by atoms with Crippen LogP contribution in [-0.2, 0) is 28.8 Å². The van der Waals surface area contributed by atoms with E-state index >= 15 is 0 Å². The number of halogens is 1. The first-order valence-corrected chi connectivity index (χ1v) is 12.8. The molecule has 0 radical (unpaired) electrons. The number of hydroxylamine groups is 1. The molecular weight excluding hydrogens is 473 g/mol. The van der Waals surface area contributed by atoms with Gasteiger partial charge in [-0.05, 0) is 70.7 Å². The van der Waals surface area contributed by atoms with Crippen molar-refractivity contribution in [2.45, 2.75) is 102 Å². The Morgan fingerprint density at radius 2 is 1.75 bits per heavy atom. The second-order valence-corrected chi connectivity index (χ2v) is 10.9. The standard InChI is InChI=1S/C25H42FN3O7/c1-16(2)11-13-33-24(3,4)22-21(32-5)19(10-12-25(22)15-34-25)35-23(31)29-18-8-6-17(7-9-18)28-20(30)14-27-36-26/h11,17-19,21-22,27H,6-10,12-15H2,1-5H3,(H,28,30)(H,29,31)/t17?,18?,19?,21?,22?,25-/m0/s1. The quantitative estimate of drug-likeness (QED) is 0.218. The van der Waals surface area contributed by atoms with Gasteiger partial charge in [0.25, 0.3) is 0 Å². The molecule has 3 aliphatic rings. The first kappa shape index (κ1) is 28.8. The molecule has 3 rings (SSSR count). The average Bonchev–Trinajstić information content (AvgIpc) is 3.59. The van der Waals surface area contributed by atoms with Gasteiger partial charge in [-0.25, -0.2) is 4.79 Å². The lowest BCUT2D eigenvalue weighted by Gasteiger charge is -2.47. The highest BCUT2D eigenvalue weighted by molar-refractivity contribution is 5.78. The molecule has 1 spiro atoms. The molecule has 2 amide bonds. The monoisotopic (exact) mass is 515 g/mol. The molecule has 2 saturated carbocycles. The Kier molecular flexibility index (Phi) is 10.1. The smallest absolute Gasteiger partial charge is 0.407 e. The van der Waals surface area contributed by atoms with Crippen LogP contribution in [0.5, 0.6) is 0 Å². The average molecular weight is 516 g/mol. The van der Waals surface area contributed by atoms with Crippen LogP contribution in [0.4, 0.5) is 9.32 Å². The lowest BCUT2D eigenvalue weighted by atomic mass is 9.68. The van der Waals surface area contributed by atoms with Crippen molar-refractivity contribution in [2.24, 2.45) is 5.92 Å². The van der Waals surface area contributed by atoms with Gasteiger partial charge in [-0.2, -0.15) is 5.48 Å². The molecule has 1 saturated heterocycles. The van der Waals surface area contributed by atoms with Gasteiger partial charge in [-0.1, -0.05) is 16.7 Å². The van der Waals surface area contributed by atoms with Crippen LogP contribution >= 0.6 is 0 Å². The molecule has 0 bridgehead atoms. The summed E-state index contributed by atoms with van der Waals surface area (Å²) in [5.74, 6) is -0.436. The van der Waals surface area contributed by atoms with Gasteiger partial charge in [0.05, 0.1) is 24.4 Å². The molecule has 0 aromatic rings. The van der Waals surface area contributed by atoms with E-state index in [4.69, 9.17) is 18.9 Å². The molecule has 3 N–H and O–H groups in total. The van der Waals surface area contributed by atoms with Crippen LogP contribution in [0, 0.1) is 5.92 Å². The summed E-state index contributed by atoms with van der Waals surface area (Å²) in [7, 11) is 1.64. The minimum Gasteiger partial charge on any atom is -0.443 e. The molecule has 206 valence electrons. The van der Waals surface area contributed by atoms with E-state index in [0.29, 0.717) is 45.3 Å². The van der Waals surface area contributed by atoms with Crippen LogP contribution in [0.15, 0.2) is 11.6 Å². The van der Waals surface area contributed by atoms with E-state index in [1.807, 2.05) is 39.3 Å². The third-order valence-electron chi connectivity index (χ3n) is 7.56. The maximum absolute atomic E-state index is 12.8. The van der Waals surface area contributed by atoms with E-state index in [-0.39, 0.29) is 42.2 Å². The minimum absolute atomic E-state index is 0.0201. The van der Waals surface area contributed by atoms with Crippen molar-refractivity contribution in [3.8, 4) is 0 Å². The van der Waals surface area contributed by atoms with E-state index in [2.05, 4.69) is 15.7 Å². The number of alkyl carbamates (subject to hydrolysis) is 1. The summed E-state index contributed by atoms with van der Waals surface area (Å²) in [5.41, 5.74) is 2.21. The summed E-state index contributed by atoms with van der Waals surface area (Å²) < 4.78 is 35.7. The molecule has 11 heteroatoms. The van der Waals surface area contributed by atoms with Gasteiger partial charge in [0, 0.05) is 25.1 Å². The summed E-state index contributed by atoms with van der Waals surface area (Å²) in [6.45, 7) is 9.06. The Labute approximate surface area is 212 Å². The molecule has 3 unspecified atom stereocenters. The normalized spacial score (nSPS) is 32.0. The van der Waals surface area contributed by atoms with E-state index < -0.39 is 17.8 Å². The fourth-order valence-electron chi connectivity index (χ4n) is 5.68. The van der Waals surface area contributed by atoms with Gasteiger partial charge in [0.15, 0.2) is 0 Å². The largest absolute Gasteiger partial charge is 0.443 e. The highest BCUT2D eigenvalue weighted by Crippen LogP contribution is 2.52. The number of rotatable bonds is 11. The van der Waals surface area contributed by atoms with Crippen LogP contribution in [0.25, 0.3) is 0 Å². The number of hydrogen-bond donors (Lipinski definition) is 3. The fraction of sp³-hybridized carbons (Fsp3) is 0.840. The number of carbonyl (C=O) groups excluding carboxylic acids is 2. The summed E-state index contributed by atoms with van der Waals surface area (Å²) in [6.07, 6.45) is 5.06. The molecular formula is C25H42FN3O7. The molecule has 2 aliphatic carbocycles. The van der Waals surface area contributed by atoms with Crippen LogP contribution in [0.1, 0.15) is 66.2 Å². The Hall–Kier alpha value is -1.79. The number of epoxide rings is 1. The van der Waals surface area contributed by atoms with Crippen molar-refractivity contribution in [1.82, 2.24) is 16.1 Å². The number of carbonyl (C=O) groups is 2. The topological polar surface area (TPSA) is 120 Å². The zero-order valence-electron chi connectivity index (χ0n) is 22.1. The number of hydrogen-bond acceptors (Lipinski definition) is 8. The van der Waals surface area contributed by atoms with Crippen molar-refractivity contribution in [1.29, 1.82) is 0 Å². The maximum atomic E-state index is 12.8. The van der Waals surface area contributed by atoms with Gasteiger partial charge in [0.1, 0.15) is 18.8 Å². The highest BCUT2D eigenvalue weighted by Gasteiger charge is 2.64. The van der Waals surface area contributed by atoms with Crippen molar-refractivity contribution in [2.75, 3.05) is 26.9 Å². The molecule has 1 aliphatic heterocycles. The Bertz CT molecular complexity index is 778. The Morgan fingerprint density at radius 1 is 1.11 bits per heavy atom. The highest BCUT2D eigenvalue weighted by atomic mass is 19.3. The van der Waals surface area contributed by atoms with Gasteiger partial charge in [-0.3, -0.25) is 4.79 Å². The molecule has 0 aromatic carbocycles. The second-order valence-electron chi connectivity index (χ2n) is 10.9. The van der Waals surface area contributed by atoms with E-state index in [1.54, 1.807) is 7.11 Å². The van der Waals surface area contributed by atoms with Gasteiger partial charge >= 0.3 is 6.09 Å². The first-order valence-electron chi connectivity index (χ1n) is 12.8. The van der Waals surface area contributed by atoms with Crippen LogP contribution in [0.3, 0.4) is 0 Å². The Balaban J connectivity index is 1.52. The minimum atomic E-state index is -0.545. The number of nitrogens with one attached hydrogen (secondary N) is 3. The lowest BCUT2D eigenvalue weighted by molar-refractivity contribution is -0.193. The number of amides is 2. The summed E-state index contributed by atoms with van der Waals surface area (Å²) in [5, 5.41) is 9.01. The van der Waals surface area contributed by atoms with Crippen molar-refractivity contribution in [3.05, 3.63) is 11.6 Å². The van der Waals surface area contributed by atoms with Crippen LogP contribution < -0.4 is 16.1 Å². The van der Waals surface area contributed by atoms with Crippen LogP contribution in [0.2, 0.25) is 0 Å². The molecule has 4 atom stereocenters. The summed E-state index contributed by atoms with van der Waals surface area (Å²) >= 11 is 0. The Morgan fingerprint density at radius 3 is 2.31 bits per heavy atom. The zero-order chi connectivity index (χ0) is 26.3. The van der Waals surface area contributed by atoms with Crippen molar-refractivity contribution < 1.29 is 38.1 Å². The number of methoxy groups -OCH3 is 1. The molecule has 0 aromatic heterocycles. The predicted octanol–water partition coefficient (Wildman–Crippen LogP) is 2.87. The molecule has 3 fully saturated rings. The zero-order valence-corrected chi connectivity index (χ0v) is 22.1. The number of ether oxygens (including phenoxy) is 4. The van der Waals surface area contributed by atoms with E-state index in [9.17, 15) is 14.1 Å². The third kappa shape index (κ3) is 7.61. The molecule has 1 heterocycles. The number of allylic oxidation sites excluding steroid dienone is 1. The molecule has 10 nitrogen and oxygen atoms in total. The lowest BCUT2D eigenvalue weighted by Crippen LogP contribution is -2.59. The van der Waals surface area contributed by atoms with Crippen molar-refractivity contribution in [3.63, 3.8) is 0 Å². The predicted molar refractivity (Wildman–Crippen MR) is 129 cm³/mol. The molecule has 36 heavy (non-hydrogen) atoms. The second kappa shape index (κ2) is 12.6. The van der Waals surface area contributed by atoms with Gasteiger partial charge in [-0.15, -0.1) is 0 Å².